The lowest BCUT2D eigenvalue weighted by molar-refractivity contribution is 0.0678. The number of aromatic nitrogens is 18. The molecule has 0 unspecified atom stereocenters. The molecular weight excluding hydrogens is 1800 g/mol. The molecule has 0 spiro atoms. The van der Waals surface area contributed by atoms with Crippen LogP contribution in [0, 0.1) is 37.5 Å². The van der Waals surface area contributed by atoms with Gasteiger partial charge in [0.2, 0.25) is 11.7 Å². The lowest BCUT2D eigenvalue weighted by Gasteiger charge is -2.28. The highest BCUT2D eigenvalue weighted by molar-refractivity contribution is 5.88. The van der Waals surface area contributed by atoms with Gasteiger partial charge in [0.1, 0.15) is 51.6 Å². The van der Waals surface area contributed by atoms with E-state index in [4.69, 9.17) is 67.6 Å². The maximum atomic E-state index is 10.9. The van der Waals surface area contributed by atoms with Crippen LogP contribution in [0.1, 0.15) is 56.5 Å². The molecule has 0 saturated carbocycles. The van der Waals surface area contributed by atoms with Gasteiger partial charge in [-0.25, -0.2) is 24.9 Å². The van der Waals surface area contributed by atoms with Gasteiger partial charge in [-0.05, 0) is 125 Å². The van der Waals surface area contributed by atoms with Crippen LogP contribution in [0.4, 0.5) is 45.5 Å². The van der Waals surface area contributed by atoms with Crippen molar-refractivity contribution < 1.29 is 52.8 Å². The Kier molecular flexibility index (Phi) is 32.5. The summed E-state index contributed by atoms with van der Waals surface area (Å²) >= 11 is 0. The van der Waals surface area contributed by atoms with E-state index < -0.39 is 5.60 Å². The lowest BCUT2D eigenvalue weighted by atomic mass is 9.93. The zero-order valence-corrected chi connectivity index (χ0v) is 83.0. The molecule has 35 nitrogen and oxygen atoms in total. The number of methoxy groups -OCH3 is 9. The van der Waals surface area contributed by atoms with Gasteiger partial charge in [-0.15, -0.1) is 0 Å². The summed E-state index contributed by atoms with van der Waals surface area (Å²) in [5, 5.41) is 44.8. The Morgan fingerprint density at radius 3 is 1.23 bits per heavy atom. The molecule has 1 aliphatic heterocycles. The Morgan fingerprint density at radius 2 is 0.831 bits per heavy atom. The predicted octanol–water partition coefficient (Wildman–Crippen LogP) is 15.9. The topological polar surface area (TPSA) is 361 Å². The molecule has 10 heterocycles. The van der Waals surface area contributed by atoms with E-state index in [0.29, 0.717) is 84.7 Å². The molecule has 0 radical (unpaired) electrons. The quantitative estimate of drug-likeness (QED) is 0.0304. The third-order valence-electron chi connectivity index (χ3n) is 23.9. The van der Waals surface area contributed by atoms with E-state index in [9.17, 15) is 10.2 Å². The second kappa shape index (κ2) is 46.2. The van der Waals surface area contributed by atoms with Gasteiger partial charge in [0.05, 0.1) is 200 Å². The number of ether oxygens (including phenoxy) is 9. The second-order valence-electron chi connectivity index (χ2n) is 33.6. The molecule has 730 valence electrons. The summed E-state index contributed by atoms with van der Waals surface area (Å²) < 4.78 is 56.4. The lowest BCUT2D eigenvalue weighted by Crippen LogP contribution is -2.40. The molecular formula is C107H116N24O11. The molecule has 18 rings (SSSR count). The van der Waals surface area contributed by atoms with E-state index in [-0.39, 0.29) is 6.61 Å². The summed E-state index contributed by atoms with van der Waals surface area (Å²) in [7, 11) is 22.2. The summed E-state index contributed by atoms with van der Waals surface area (Å²) in [4.78, 5) is 54.9. The first-order chi connectivity index (χ1) is 68.9. The Morgan fingerprint density at radius 1 is 0.430 bits per heavy atom. The highest BCUT2D eigenvalue weighted by atomic mass is 16.5. The van der Waals surface area contributed by atoms with E-state index in [1.807, 2.05) is 213 Å². The molecule has 0 aliphatic carbocycles. The number of rotatable bonds is 30. The number of benzene rings is 8. The first kappa shape index (κ1) is 99.9. The summed E-state index contributed by atoms with van der Waals surface area (Å²) in [6.07, 6.45) is 20.0. The summed E-state index contributed by atoms with van der Waals surface area (Å²) in [6.45, 7) is 14.6. The summed E-state index contributed by atoms with van der Waals surface area (Å²) in [6, 6.07) is 48.9. The average Bonchev–Trinajstić information content (AvgIpc) is 1.42. The monoisotopic (exact) mass is 1910 g/mol. The van der Waals surface area contributed by atoms with Crippen LogP contribution >= 0.6 is 0 Å². The molecule has 1 fully saturated rings. The average molecular weight is 1910 g/mol. The predicted molar refractivity (Wildman–Crippen MR) is 553 cm³/mol. The fraction of sp³-hybridized carbons (Fsp3) is 0.290. The largest absolute Gasteiger partial charge is 0.497 e. The zero-order chi connectivity index (χ0) is 100. The van der Waals surface area contributed by atoms with E-state index in [0.717, 1.165) is 196 Å². The van der Waals surface area contributed by atoms with Crippen LogP contribution in [-0.4, -0.2) is 227 Å². The number of aliphatic hydroxyl groups is 2. The van der Waals surface area contributed by atoms with Gasteiger partial charge >= 0.3 is 0 Å². The van der Waals surface area contributed by atoms with Crippen molar-refractivity contribution in [1.82, 2.24) is 99.6 Å². The van der Waals surface area contributed by atoms with Crippen LogP contribution in [0.5, 0.6) is 51.9 Å². The molecule has 4 N–H and O–H groups in total. The number of nitrogens with zero attached hydrogens (tertiary/aromatic N) is 22. The van der Waals surface area contributed by atoms with E-state index in [2.05, 4.69) is 129 Å². The number of aryl methyl sites for hydroxylation is 5. The maximum absolute atomic E-state index is 10.9. The van der Waals surface area contributed by atoms with Crippen molar-refractivity contribution in [2.24, 2.45) is 28.2 Å². The number of nitrogens with one attached hydrogen (secondary N) is 2. The number of aliphatic hydroxyl groups excluding tert-OH is 1. The van der Waals surface area contributed by atoms with Gasteiger partial charge in [0, 0.05) is 230 Å². The minimum Gasteiger partial charge on any atom is -0.497 e. The zero-order valence-electron chi connectivity index (χ0n) is 83.0. The molecule has 1 aliphatic rings. The van der Waals surface area contributed by atoms with Crippen molar-refractivity contribution in [2.45, 2.75) is 65.5 Å². The number of fused-ring (bicyclic) bond motifs is 4. The van der Waals surface area contributed by atoms with Gasteiger partial charge < -0.3 is 83.1 Å². The Balaban J connectivity index is 0.000000143. The molecule has 1 saturated heterocycles. The number of piperidine rings is 1. The highest BCUT2D eigenvalue weighted by Gasteiger charge is 2.28. The Bertz CT molecular complexity index is 7330. The maximum Gasteiger partial charge on any atom is 0.217 e. The Labute approximate surface area is 824 Å². The van der Waals surface area contributed by atoms with Crippen LogP contribution in [0.25, 0.3) is 89.2 Å². The van der Waals surface area contributed by atoms with Crippen molar-refractivity contribution >= 4 is 89.6 Å². The van der Waals surface area contributed by atoms with E-state index in [1.165, 1.54) is 0 Å². The third-order valence-corrected chi connectivity index (χ3v) is 23.9. The molecule has 8 aromatic carbocycles. The Hall–Kier alpha value is -16.6. The SMILES string of the molecule is CCc1c(-c2cnc3ccc(N(CCO)c4cc(OC)cc(OC)c4)cc3n2)cnn1C.COc1cc(OC)cc(N(CC#CC2(O)CCNCC2)c2ccc3ncc(-c4cnn(C)c4)nc3c2)c1.COc1cc(OC)cc(N(CC#Cc2nccc(OC)n2)c2ccc3ncc(-c4cnn(C)c4)nc3c2)c1.COc1cc(OC)cc(N(CCNC(C)C)c2ccc3ncc(-c4c(C)nn(C)c4C)nc3c2)c1. The van der Waals surface area contributed by atoms with Gasteiger partial charge in [0.25, 0.3) is 0 Å². The standard InChI is InChI=1S/C28H25N7O3.C28H30N6O3.C27H34N6O2.C24H27N5O3/c1-34-18-19(16-31-34)26-17-30-24-8-7-20(14-25(24)32-26)35(21-12-22(36-2)15-23(13-21)37-3)11-5-6-27-29-10-9-28(33-27)38-4;1-33-19-20(17-31-33)27-18-30-25-6-5-21(15-26(25)32-27)34(12-4-7-28(35)8-10-29-11-9-28)22-13-23(36-2)16-24(14-22)37-3;1-17(2)28-10-11-33(21-12-22(34-6)15-23(13-21)35-7)20-8-9-24-25(14-20)30-26(16-29-24)27-18(3)31-32(5)19(27)4;1-5-24-20(14-26-28(24)2)23-15-25-21-7-6-16(12-22(21)27-23)29(8-9-30)17-10-18(31-3)13-19(11-17)32-4/h7-10,12-18H,11H2,1-4H3;5-6,13-19,29,35H,8-12H2,1-3H3;8-9,12-17,28H,10-11H2,1-7H3;6-7,10-15,30H,5,8-9H2,1-4H3. The summed E-state index contributed by atoms with van der Waals surface area (Å²) in [5.41, 5.74) is 22.5. The first-order valence-electron chi connectivity index (χ1n) is 46.1. The van der Waals surface area contributed by atoms with Gasteiger partial charge in [0.15, 0.2) is 0 Å². The molecule has 0 amide bonds. The van der Waals surface area contributed by atoms with Crippen molar-refractivity contribution in [1.29, 1.82) is 0 Å². The van der Waals surface area contributed by atoms with Crippen molar-refractivity contribution in [2.75, 3.05) is 136 Å². The molecule has 17 aromatic rings. The van der Waals surface area contributed by atoms with Crippen molar-refractivity contribution in [3.8, 4) is 121 Å². The number of hydrogen-bond donors (Lipinski definition) is 4. The van der Waals surface area contributed by atoms with E-state index >= 15 is 0 Å². The van der Waals surface area contributed by atoms with Gasteiger partial charge in [-0.1, -0.05) is 38.5 Å². The minimum absolute atomic E-state index is 0.0151. The molecule has 0 bridgehead atoms. The van der Waals surface area contributed by atoms with E-state index in [1.54, 1.807) is 117 Å². The smallest absolute Gasteiger partial charge is 0.217 e. The second-order valence-corrected chi connectivity index (χ2v) is 33.6. The molecule has 142 heavy (non-hydrogen) atoms. The van der Waals surface area contributed by atoms with Crippen molar-refractivity contribution in [3.05, 3.63) is 237 Å². The minimum atomic E-state index is -0.976. The van der Waals surface area contributed by atoms with Crippen molar-refractivity contribution in [3.63, 3.8) is 0 Å². The molecule has 0 atom stereocenters. The third kappa shape index (κ3) is 24.2. The normalized spacial score (nSPS) is 11.9. The fourth-order valence-corrected chi connectivity index (χ4v) is 16.3. The summed E-state index contributed by atoms with van der Waals surface area (Å²) in [5.74, 6) is 18.9. The highest BCUT2D eigenvalue weighted by Crippen LogP contribution is 2.41. The van der Waals surface area contributed by atoms with Gasteiger partial charge in [-0.2, -0.15) is 25.4 Å². The molecule has 35 heteroatoms. The first-order valence-corrected chi connectivity index (χ1v) is 46.1. The van der Waals surface area contributed by atoms with Crippen LogP contribution in [0.15, 0.2) is 214 Å². The number of hydrogen-bond acceptors (Lipinski definition) is 31. The van der Waals surface area contributed by atoms with Gasteiger partial charge in [-0.3, -0.25) is 38.7 Å². The van der Waals surface area contributed by atoms with Crippen LogP contribution in [-0.2, 0) is 34.6 Å². The fourth-order valence-electron chi connectivity index (χ4n) is 16.3. The molecule has 9 aromatic heterocycles. The van der Waals surface area contributed by atoms with Crippen LogP contribution < -0.4 is 72.9 Å². The van der Waals surface area contributed by atoms with Crippen LogP contribution in [0.2, 0.25) is 0 Å². The van der Waals surface area contributed by atoms with Crippen LogP contribution in [0.3, 0.4) is 0 Å². The number of anilines is 8.